The van der Waals surface area contributed by atoms with Gasteiger partial charge < -0.3 is 4.74 Å². The van der Waals surface area contributed by atoms with E-state index in [1.165, 1.54) is 0 Å². The van der Waals surface area contributed by atoms with Gasteiger partial charge in [0.05, 0.1) is 39.9 Å². The van der Waals surface area contributed by atoms with E-state index in [2.05, 4.69) is 25.9 Å². The van der Waals surface area contributed by atoms with E-state index in [1.54, 1.807) is 0 Å². The quantitative estimate of drug-likeness (QED) is 0.693. The maximum Gasteiger partial charge on any atom is 0.148 e. The molecule has 0 aliphatic carbocycles. The van der Waals surface area contributed by atoms with Gasteiger partial charge in [-0.05, 0) is 60.8 Å². The molecule has 5 heteroatoms. The van der Waals surface area contributed by atoms with Gasteiger partial charge in [0.15, 0.2) is 0 Å². The van der Waals surface area contributed by atoms with E-state index < -0.39 is 0 Å². The van der Waals surface area contributed by atoms with Crippen LogP contribution in [0, 0.1) is 12.3 Å². The molecule has 0 atom stereocenters. The van der Waals surface area contributed by atoms with Gasteiger partial charge in [-0.3, -0.25) is 0 Å². The third kappa shape index (κ3) is 3.19. The molecular weight excluding hydrogens is 348 g/mol. The Labute approximate surface area is 162 Å². The smallest absolute Gasteiger partial charge is 0.148 e. The molecule has 132 valence electrons. The van der Waals surface area contributed by atoms with E-state index in [9.17, 15) is 0 Å². The minimum absolute atomic E-state index is 0.179. The molecule has 0 fully saturated rings. The summed E-state index contributed by atoms with van der Waals surface area (Å²) in [5, 5.41) is 0. The van der Waals surface area contributed by atoms with Crippen LogP contribution in [0.25, 0.3) is 0 Å². The Hall–Kier alpha value is -4.04. The molecule has 5 heterocycles. The lowest BCUT2D eigenvalue weighted by molar-refractivity contribution is 0.277. The molecule has 0 spiro atoms. The molecule has 28 heavy (non-hydrogen) atoms. The first-order valence-corrected chi connectivity index (χ1v) is 8.79. The summed E-state index contributed by atoms with van der Waals surface area (Å²) in [5.74, 6) is 3.11. The molecule has 0 radical (unpaired) electrons. The summed E-state index contributed by atoms with van der Waals surface area (Å²) in [6, 6.07) is 0. The molecule has 8 bridgehead atoms. The summed E-state index contributed by atoms with van der Waals surface area (Å²) in [6.07, 6.45) is 26.6. The van der Waals surface area contributed by atoms with E-state index >= 15 is 0 Å². The zero-order valence-electron chi connectivity index (χ0n) is 14.8. The number of fused-ring (bicyclic) bond motifs is 4. The van der Waals surface area contributed by atoms with Crippen LogP contribution in [0.3, 0.4) is 0 Å². The van der Waals surface area contributed by atoms with Gasteiger partial charge in [0.2, 0.25) is 0 Å². The van der Waals surface area contributed by atoms with Crippen LogP contribution in [-0.4, -0.2) is 29.5 Å². The first-order chi connectivity index (χ1) is 13.7. The Morgan fingerprint density at radius 2 is 1.18 bits per heavy atom. The number of ether oxygens (including phenoxy) is 1. The number of nitrogens with zero attached hydrogens (tertiary/aromatic N) is 4. The van der Waals surface area contributed by atoms with E-state index in [1.807, 2.05) is 66.8 Å². The second kappa shape index (κ2) is 6.60. The lowest BCUT2D eigenvalue weighted by atomic mass is 10.2. The van der Waals surface area contributed by atoms with Gasteiger partial charge >= 0.3 is 0 Å². The van der Waals surface area contributed by atoms with Gasteiger partial charge in [0.25, 0.3) is 0 Å². The first kappa shape index (κ1) is 16.2. The molecule has 5 aliphatic heterocycles. The average molecular weight is 362 g/mol. The molecular formula is C23H14N4O. The summed E-state index contributed by atoms with van der Waals surface area (Å²) in [7, 11) is 0. The highest BCUT2D eigenvalue weighted by atomic mass is 16.5. The molecule has 0 aromatic carbocycles. The van der Waals surface area contributed by atoms with Gasteiger partial charge in [-0.25, -0.2) is 20.0 Å². The molecule has 0 aromatic rings. The Morgan fingerprint density at radius 1 is 0.643 bits per heavy atom. The zero-order chi connectivity index (χ0) is 18.9. The molecule has 0 aromatic heterocycles. The molecule has 5 nitrogen and oxygen atoms in total. The largest absolute Gasteiger partial charge is 0.479 e. The molecule has 5 rings (SSSR count). The highest BCUT2D eigenvalue weighted by molar-refractivity contribution is 6.15. The Balaban J connectivity index is 1.62. The number of rotatable bonds is 2. The predicted octanol–water partition coefficient (Wildman–Crippen LogP) is 3.56. The SMILES string of the molecule is C#CCOC1=CC2=CC3=NC(=CC4=NC(=CC5=NC(=CC1=N2)C=C5)C=C4)C=C3. The van der Waals surface area contributed by atoms with Crippen LogP contribution in [0.2, 0.25) is 0 Å². The van der Waals surface area contributed by atoms with E-state index in [0.717, 1.165) is 39.9 Å². The second-order valence-corrected chi connectivity index (χ2v) is 6.39. The monoisotopic (exact) mass is 362 g/mol. The van der Waals surface area contributed by atoms with Gasteiger partial charge in [-0.15, -0.1) is 6.42 Å². The number of terminal acetylenes is 1. The summed E-state index contributed by atoms with van der Waals surface area (Å²) in [5.41, 5.74) is 6.44. The fourth-order valence-corrected chi connectivity index (χ4v) is 3.11. The highest BCUT2D eigenvalue weighted by Crippen LogP contribution is 2.23. The van der Waals surface area contributed by atoms with E-state index in [0.29, 0.717) is 11.5 Å². The van der Waals surface area contributed by atoms with Gasteiger partial charge in [-0.1, -0.05) is 5.92 Å². The normalized spacial score (nSPS) is 21.0. The van der Waals surface area contributed by atoms with Crippen molar-refractivity contribution in [2.75, 3.05) is 6.61 Å². The fourth-order valence-electron chi connectivity index (χ4n) is 3.11. The van der Waals surface area contributed by atoms with Crippen molar-refractivity contribution in [3.8, 4) is 12.3 Å². The van der Waals surface area contributed by atoms with Crippen LogP contribution in [0.5, 0.6) is 0 Å². The summed E-state index contributed by atoms with van der Waals surface area (Å²) >= 11 is 0. The summed E-state index contributed by atoms with van der Waals surface area (Å²) < 4.78 is 5.66. The van der Waals surface area contributed by atoms with E-state index in [4.69, 9.17) is 11.2 Å². The molecule has 5 aliphatic rings. The topological polar surface area (TPSA) is 58.7 Å². The first-order valence-electron chi connectivity index (χ1n) is 8.79. The zero-order valence-corrected chi connectivity index (χ0v) is 14.8. The van der Waals surface area contributed by atoms with Crippen LogP contribution in [0.4, 0.5) is 0 Å². The van der Waals surface area contributed by atoms with Crippen LogP contribution in [-0.2, 0) is 4.74 Å². The van der Waals surface area contributed by atoms with Crippen molar-refractivity contribution >= 4 is 22.8 Å². The minimum Gasteiger partial charge on any atom is -0.479 e. The second-order valence-electron chi connectivity index (χ2n) is 6.39. The maximum absolute atomic E-state index is 5.66. The number of hydrogen-bond acceptors (Lipinski definition) is 5. The number of allylic oxidation sites excluding steroid dienone is 11. The van der Waals surface area contributed by atoms with Gasteiger partial charge in [0.1, 0.15) is 18.1 Å². The van der Waals surface area contributed by atoms with Crippen molar-refractivity contribution in [2.45, 2.75) is 0 Å². The maximum atomic E-state index is 5.66. The van der Waals surface area contributed by atoms with Crippen molar-refractivity contribution in [3.05, 3.63) is 95.4 Å². The van der Waals surface area contributed by atoms with E-state index in [-0.39, 0.29) is 6.61 Å². The van der Waals surface area contributed by atoms with Crippen molar-refractivity contribution in [1.29, 1.82) is 0 Å². The third-order valence-electron chi connectivity index (χ3n) is 4.31. The standard InChI is InChI=1S/C23H14N4O/c1-2-9-28-23-14-21-12-19-6-5-17(25-19)10-15-3-4-16(24-15)11-18-7-8-20(26-18)13-22(23)27-21/h1,3-8,10-14H,9H2. The Morgan fingerprint density at radius 3 is 1.75 bits per heavy atom. The lowest BCUT2D eigenvalue weighted by Gasteiger charge is -2.03. The van der Waals surface area contributed by atoms with Crippen molar-refractivity contribution < 1.29 is 4.74 Å². The molecule has 0 saturated carbocycles. The highest BCUT2D eigenvalue weighted by Gasteiger charge is 2.17. The number of hydrogen-bond donors (Lipinski definition) is 0. The van der Waals surface area contributed by atoms with Crippen LogP contribution < -0.4 is 0 Å². The van der Waals surface area contributed by atoms with Crippen LogP contribution >= 0.6 is 0 Å². The average Bonchev–Trinajstić information content (AvgIpc) is 3.45. The molecule has 0 amide bonds. The van der Waals surface area contributed by atoms with Gasteiger partial charge in [-0.2, -0.15) is 0 Å². The molecule has 0 saturated heterocycles. The van der Waals surface area contributed by atoms with Crippen molar-refractivity contribution in [1.82, 2.24) is 0 Å². The summed E-state index contributed by atoms with van der Waals surface area (Å²) in [6.45, 7) is 0.179. The minimum atomic E-state index is 0.179. The molecule has 0 N–H and O–H groups in total. The third-order valence-corrected chi connectivity index (χ3v) is 4.31. The number of aliphatic imine (C=N–C) groups is 4. The Kier molecular flexibility index (Phi) is 3.81. The lowest BCUT2D eigenvalue weighted by Crippen LogP contribution is -2.01. The van der Waals surface area contributed by atoms with Crippen molar-refractivity contribution in [3.63, 3.8) is 0 Å². The predicted molar refractivity (Wildman–Crippen MR) is 112 cm³/mol. The summed E-state index contributed by atoms with van der Waals surface area (Å²) in [4.78, 5) is 18.5. The van der Waals surface area contributed by atoms with Crippen LogP contribution in [0.1, 0.15) is 0 Å². The molecule has 0 unspecified atom stereocenters. The Bertz CT molecular complexity index is 1200. The fraction of sp³-hybridized carbons (Fsp3) is 0.0435. The van der Waals surface area contributed by atoms with Crippen LogP contribution in [0.15, 0.2) is 115 Å². The van der Waals surface area contributed by atoms with Crippen molar-refractivity contribution in [2.24, 2.45) is 20.0 Å². The van der Waals surface area contributed by atoms with Gasteiger partial charge in [0, 0.05) is 6.08 Å².